The summed E-state index contributed by atoms with van der Waals surface area (Å²) < 4.78 is 11.6. The minimum absolute atomic E-state index is 0. The standard InChI is InChI=1S/C22H36N4O2S.HI/c1-4-23-21(24-15-19(3)28-20-7-5-6-18(2)14-20)25-16-22(8-13-29-17-22)26-9-11-27-12-10-26;/h5-7,14,19H,4,8-13,15-17H2,1-3H3,(H2,23,24,25);1H. The molecule has 2 heterocycles. The second kappa shape index (κ2) is 13.0. The van der Waals surface area contributed by atoms with Crippen LogP contribution in [0.3, 0.4) is 0 Å². The van der Waals surface area contributed by atoms with Crippen molar-refractivity contribution in [2.75, 3.05) is 57.4 Å². The van der Waals surface area contributed by atoms with Crippen LogP contribution in [0.5, 0.6) is 5.75 Å². The summed E-state index contributed by atoms with van der Waals surface area (Å²) in [4.78, 5) is 7.58. The fraction of sp³-hybridized carbons (Fsp3) is 0.682. The monoisotopic (exact) mass is 548 g/mol. The van der Waals surface area contributed by atoms with Crippen LogP contribution in [0.15, 0.2) is 29.3 Å². The molecule has 0 amide bonds. The maximum Gasteiger partial charge on any atom is 0.191 e. The van der Waals surface area contributed by atoms with Gasteiger partial charge in [0.1, 0.15) is 11.9 Å². The highest BCUT2D eigenvalue weighted by Crippen LogP contribution is 2.34. The molecule has 1 aromatic carbocycles. The number of guanidine groups is 1. The topological polar surface area (TPSA) is 58.1 Å². The van der Waals surface area contributed by atoms with Crippen molar-refractivity contribution >= 4 is 41.7 Å². The summed E-state index contributed by atoms with van der Waals surface area (Å²) in [6.07, 6.45) is 1.25. The van der Waals surface area contributed by atoms with Crippen LogP contribution in [-0.2, 0) is 4.74 Å². The summed E-state index contributed by atoms with van der Waals surface area (Å²) >= 11 is 2.05. The zero-order chi connectivity index (χ0) is 20.5. The van der Waals surface area contributed by atoms with E-state index in [1.165, 1.54) is 17.7 Å². The van der Waals surface area contributed by atoms with Crippen LogP contribution in [0.2, 0.25) is 0 Å². The van der Waals surface area contributed by atoms with Crippen molar-refractivity contribution < 1.29 is 9.47 Å². The molecule has 0 aliphatic carbocycles. The lowest BCUT2D eigenvalue weighted by Gasteiger charge is -2.42. The van der Waals surface area contributed by atoms with Gasteiger partial charge in [0.2, 0.25) is 0 Å². The molecule has 2 fully saturated rings. The number of morpholine rings is 1. The number of halogens is 1. The van der Waals surface area contributed by atoms with Crippen molar-refractivity contribution in [1.29, 1.82) is 0 Å². The molecule has 0 spiro atoms. The molecule has 2 N–H and O–H groups in total. The molecular formula is C22H37IN4O2S. The van der Waals surface area contributed by atoms with E-state index < -0.39 is 0 Å². The third-order valence-electron chi connectivity index (χ3n) is 5.52. The number of benzene rings is 1. The Bertz CT molecular complexity index is 664. The molecule has 3 rings (SSSR count). The van der Waals surface area contributed by atoms with Gasteiger partial charge in [0.15, 0.2) is 5.96 Å². The van der Waals surface area contributed by atoms with Crippen molar-refractivity contribution in [1.82, 2.24) is 15.5 Å². The first-order valence-corrected chi connectivity index (χ1v) is 11.9. The van der Waals surface area contributed by atoms with Crippen LogP contribution in [0.4, 0.5) is 0 Å². The second-order valence-electron chi connectivity index (χ2n) is 7.95. The van der Waals surface area contributed by atoms with E-state index >= 15 is 0 Å². The van der Waals surface area contributed by atoms with E-state index in [0.717, 1.165) is 56.9 Å². The van der Waals surface area contributed by atoms with Crippen molar-refractivity contribution in [3.63, 3.8) is 0 Å². The lowest BCUT2D eigenvalue weighted by atomic mass is 9.96. The first kappa shape index (κ1) is 25.5. The van der Waals surface area contributed by atoms with Gasteiger partial charge in [-0.2, -0.15) is 11.8 Å². The number of thioether (sulfide) groups is 1. The average molecular weight is 549 g/mol. The van der Waals surface area contributed by atoms with Gasteiger partial charge in [0.25, 0.3) is 0 Å². The molecule has 2 unspecified atom stereocenters. The van der Waals surface area contributed by atoms with Gasteiger partial charge < -0.3 is 20.1 Å². The molecule has 30 heavy (non-hydrogen) atoms. The fourth-order valence-electron chi connectivity index (χ4n) is 3.88. The third-order valence-corrected chi connectivity index (χ3v) is 6.76. The zero-order valence-corrected chi connectivity index (χ0v) is 21.6. The second-order valence-corrected chi connectivity index (χ2v) is 9.05. The van der Waals surface area contributed by atoms with Crippen molar-refractivity contribution in [3.05, 3.63) is 29.8 Å². The Morgan fingerprint density at radius 3 is 2.80 bits per heavy atom. The highest BCUT2D eigenvalue weighted by atomic mass is 127. The van der Waals surface area contributed by atoms with Gasteiger partial charge in [0, 0.05) is 25.4 Å². The average Bonchev–Trinajstić information content (AvgIpc) is 3.21. The normalized spacial score (nSPS) is 23.5. The molecule has 2 aliphatic heterocycles. The van der Waals surface area contributed by atoms with E-state index in [0.29, 0.717) is 6.54 Å². The molecule has 6 nitrogen and oxygen atoms in total. The summed E-state index contributed by atoms with van der Waals surface area (Å²) in [5.74, 6) is 4.16. The van der Waals surface area contributed by atoms with Crippen molar-refractivity contribution in [3.8, 4) is 5.75 Å². The van der Waals surface area contributed by atoms with Gasteiger partial charge in [-0.15, -0.1) is 24.0 Å². The number of hydrogen-bond acceptors (Lipinski definition) is 5. The summed E-state index contributed by atoms with van der Waals surface area (Å²) in [6.45, 7) is 12.3. The van der Waals surface area contributed by atoms with E-state index in [-0.39, 0.29) is 35.6 Å². The van der Waals surface area contributed by atoms with Gasteiger partial charge in [-0.25, -0.2) is 0 Å². The number of nitrogens with zero attached hydrogens (tertiary/aromatic N) is 2. The zero-order valence-electron chi connectivity index (χ0n) is 18.5. The predicted octanol–water partition coefficient (Wildman–Crippen LogP) is 3.14. The quantitative estimate of drug-likeness (QED) is 0.296. The molecule has 0 saturated carbocycles. The van der Waals surface area contributed by atoms with Crippen LogP contribution in [0.25, 0.3) is 0 Å². The molecule has 2 saturated heterocycles. The van der Waals surface area contributed by atoms with Gasteiger partial charge in [0.05, 0.1) is 31.8 Å². The lowest BCUT2D eigenvalue weighted by molar-refractivity contribution is -0.0104. The Morgan fingerprint density at radius 1 is 1.33 bits per heavy atom. The molecule has 0 bridgehead atoms. The SMILES string of the molecule is CCNC(=NCC1(N2CCOCC2)CCSC1)NCC(C)Oc1cccc(C)c1.I. The van der Waals surface area contributed by atoms with Crippen LogP contribution >= 0.6 is 35.7 Å². The number of aryl methyl sites for hydroxylation is 1. The summed E-state index contributed by atoms with van der Waals surface area (Å²) in [7, 11) is 0. The summed E-state index contributed by atoms with van der Waals surface area (Å²) in [5, 5.41) is 6.85. The van der Waals surface area contributed by atoms with Gasteiger partial charge in [-0.3, -0.25) is 9.89 Å². The van der Waals surface area contributed by atoms with Crippen LogP contribution in [0, 0.1) is 6.92 Å². The Balaban J connectivity index is 0.00000320. The molecule has 0 radical (unpaired) electrons. The highest BCUT2D eigenvalue weighted by molar-refractivity contribution is 14.0. The Kier molecular flexibility index (Phi) is 11.1. The predicted molar refractivity (Wildman–Crippen MR) is 138 cm³/mol. The van der Waals surface area contributed by atoms with E-state index in [4.69, 9.17) is 14.5 Å². The molecule has 170 valence electrons. The third kappa shape index (κ3) is 7.46. The van der Waals surface area contributed by atoms with Crippen LogP contribution in [-0.4, -0.2) is 79.9 Å². The van der Waals surface area contributed by atoms with Gasteiger partial charge in [-0.1, -0.05) is 12.1 Å². The van der Waals surface area contributed by atoms with E-state index in [9.17, 15) is 0 Å². The van der Waals surface area contributed by atoms with Gasteiger partial charge >= 0.3 is 0 Å². The van der Waals surface area contributed by atoms with Crippen molar-refractivity contribution in [2.24, 2.45) is 4.99 Å². The number of hydrogen-bond donors (Lipinski definition) is 2. The Hall–Kier alpha value is -0.710. The Morgan fingerprint density at radius 2 is 2.13 bits per heavy atom. The Labute approximate surface area is 203 Å². The number of ether oxygens (including phenoxy) is 2. The van der Waals surface area contributed by atoms with E-state index in [1.807, 2.05) is 23.9 Å². The highest BCUT2D eigenvalue weighted by Gasteiger charge is 2.40. The van der Waals surface area contributed by atoms with Crippen molar-refractivity contribution in [2.45, 2.75) is 38.8 Å². The maximum absolute atomic E-state index is 6.05. The van der Waals surface area contributed by atoms with Crippen LogP contribution in [0.1, 0.15) is 25.8 Å². The lowest BCUT2D eigenvalue weighted by Crippen LogP contribution is -2.56. The number of aliphatic imine (C=N–C) groups is 1. The number of nitrogens with one attached hydrogen (secondary N) is 2. The molecule has 8 heteroatoms. The van der Waals surface area contributed by atoms with Gasteiger partial charge in [-0.05, 0) is 50.6 Å². The summed E-state index contributed by atoms with van der Waals surface area (Å²) in [5.41, 5.74) is 1.38. The van der Waals surface area contributed by atoms with E-state index in [1.54, 1.807) is 0 Å². The first-order valence-electron chi connectivity index (χ1n) is 10.8. The first-order chi connectivity index (χ1) is 14.1. The minimum Gasteiger partial charge on any atom is -0.489 e. The summed E-state index contributed by atoms with van der Waals surface area (Å²) in [6, 6.07) is 8.19. The fourth-order valence-corrected chi connectivity index (χ4v) is 5.35. The minimum atomic E-state index is 0. The largest absolute Gasteiger partial charge is 0.489 e. The van der Waals surface area contributed by atoms with E-state index in [2.05, 4.69) is 48.4 Å². The smallest absolute Gasteiger partial charge is 0.191 e. The molecule has 2 aliphatic rings. The molecule has 0 aromatic heterocycles. The molecule has 2 atom stereocenters. The van der Waals surface area contributed by atoms with Crippen LogP contribution < -0.4 is 15.4 Å². The maximum atomic E-state index is 6.05. The number of rotatable bonds is 8. The molecule has 1 aromatic rings. The molecular weight excluding hydrogens is 511 g/mol.